The van der Waals surface area contributed by atoms with E-state index in [0.29, 0.717) is 30.6 Å². The Labute approximate surface area is 158 Å². The summed E-state index contributed by atoms with van der Waals surface area (Å²) in [6.07, 6.45) is 1.51. The van der Waals surface area contributed by atoms with Crippen LogP contribution < -0.4 is 4.90 Å². The van der Waals surface area contributed by atoms with Gasteiger partial charge in [0.1, 0.15) is 0 Å². The van der Waals surface area contributed by atoms with Gasteiger partial charge in [-0.25, -0.2) is 4.79 Å². The van der Waals surface area contributed by atoms with Gasteiger partial charge in [0.25, 0.3) is 5.91 Å². The van der Waals surface area contributed by atoms with Gasteiger partial charge in [-0.15, -0.1) is 0 Å². The number of nitrogens with zero attached hydrogens (tertiary/aromatic N) is 2. The van der Waals surface area contributed by atoms with E-state index in [4.69, 9.17) is 4.74 Å². The highest BCUT2D eigenvalue weighted by Crippen LogP contribution is 2.23. The third-order valence-electron chi connectivity index (χ3n) is 4.96. The van der Waals surface area contributed by atoms with Crippen LogP contribution in [0.25, 0.3) is 0 Å². The Bertz CT molecular complexity index is 732. The Morgan fingerprint density at radius 2 is 1.56 bits per heavy atom. The van der Waals surface area contributed by atoms with Gasteiger partial charge < -0.3 is 9.64 Å². The first-order valence-corrected chi connectivity index (χ1v) is 9.26. The molecular formula is C20H24N2O5. The maximum atomic E-state index is 12.3. The molecule has 0 aliphatic carbocycles. The fourth-order valence-electron chi connectivity index (χ4n) is 3.78. The predicted octanol–water partition coefficient (Wildman–Crippen LogP) is 2.00. The summed E-state index contributed by atoms with van der Waals surface area (Å²) in [5.41, 5.74) is 0.706. The molecule has 27 heavy (non-hydrogen) atoms. The molecule has 2 saturated heterocycles. The zero-order valence-electron chi connectivity index (χ0n) is 15.6. The number of ether oxygens (including phenoxy) is 1. The second-order valence-corrected chi connectivity index (χ2v) is 7.49. The van der Waals surface area contributed by atoms with Crippen molar-refractivity contribution in [2.45, 2.75) is 33.1 Å². The quantitative estimate of drug-likeness (QED) is 0.596. The highest BCUT2D eigenvalue weighted by Gasteiger charge is 2.30. The molecule has 1 aromatic carbocycles. The molecule has 0 saturated carbocycles. The van der Waals surface area contributed by atoms with Gasteiger partial charge in [0, 0.05) is 25.9 Å². The molecule has 2 fully saturated rings. The van der Waals surface area contributed by atoms with Crippen molar-refractivity contribution in [3.63, 3.8) is 0 Å². The highest BCUT2D eigenvalue weighted by atomic mass is 16.5. The van der Waals surface area contributed by atoms with Crippen LogP contribution in [0.3, 0.4) is 0 Å². The summed E-state index contributed by atoms with van der Waals surface area (Å²) in [4.78, 5) is 50.8. The fourth-order valence-corrected chi connectivity index (χ4v) is 3.78. The van der Waals surface area contributed by atoms with E-state index in [1.807, 2.05) is 0 Å². The third kappa shape index (κ3) is 4.35. The summed E-state index contributed by atoms with van der Waals surface area (Å²) in [7, 11) is 0. The monoisotopic (exact) mass is 372 g/mol. The molecule has 0 radical (unpaired) electrons. The van der Waals surface area contributed by atoms with E-state index in [2.05, 4.69) is 13.8 Å². The topological polar surface area (TPSA) is 84.0 Å². The van der Waals surface area contributed by atoms with Gasteiger partial charge in [-0.05, 0) is 42.5 Å². The first-order valence-electron chi connectivity index (χ1n) is 9.26. The number of carbonyl (C=O) groups excluding carboxylic acids is 4. The molecule has 7 nitrogen and oxygen atoms in total. The van der Waals surface area contributed by atoms with E-state index in [1.54, 1.807) is 4.90 Å². The Hall–Kier alpha value is -2.70. The molecule has 2 heterocycles. The van der Waals surface area contributed by atoms with Gasteiger partial charge in [0.05, 0.1) is 11.3 Å². The molecule has 3 rings (SSSR count). The molecule has 2 atom stereocenters. The lowest BCUT2D eigenvalue weighted by molar-refractivity contribution is -0.137. The Morgan fingerprint density at radius 1 is 1.00 bits per heavy atom. The van der Waals surface area contributed by atoms with Gasteiger partial charge in [-0.3, -0.25) is 19.3 Å². The van der Waals surface area contributed by atoms with Crippen LogP contribution in [0, 0.1) is 11.8 Å². The van der Waals surface area contributed by atoms with Crippen molar-refractivity contribution < 1.29 is 23.9 Å². The number of hydrogen-bond acceptors (Lipinski definition) is 5. The maximum absolute atomic E-state index is 12.3. The molecule has 1 aromatic rings. The molecule has 0 N–H and O–H groups in total. The number of piperidine rings is 1. The molecule has 144 valence electrons. The molecule has 3 amide bonds. The first-order chi connectivity index (χ1) is 12.8. The minimum atomic E-state index is -0.605. The maximum Gasteiger partial charge on any atom is 0.338 e. The van der Waals surface area contributed by atoms with Crippen LogP contribution in [-0.4, -0.2) is 48.3 Å². The second-order valence-electron chi connectivity index (χ2n) is 7.49. The highest BCUT2D eigenvalue weighted by molar-refractivity contribution is 6.19. The number of carbonyl (C=O) groups is 4. The molecule has 0 spiro atoms. The van der Waals surface area contributed by atoms with Crippen LogP contribution in [-0.2, 0) is 19.1 Å². The largest absolute Gasteiger partial charge is 0.452 e. The van der Waals surface area contributed by atoms with Crippen molar-refractivity contribution >= 4 is 29.4 Å². The number of anilines is 1. The molecule has 0 bridgehead atoms. The van der Waals surface area contributed by atoms with Crippen molar-refractivity contribution in [3.05, 3.63) is 29.8 Å². The van der Waals surface area contributed by atoms with Crippen LogP contribution in [0.15, 0.2) is 24.3 Å². The Balaban J connectivity index is 1.56. The van der Waals surface area contributed by atoms with E-state index >= 15 is 0 Å². The summed E-state index contributed by atoms with van der Waals surface area (Å²) >= 11 is 0. The Kier molecular flexibility index (Phi) is 5.58. The lowest BCUT2D eigenvalue weighted by atomic mass is 9.92. The zero-order valence-corrected chi connectivity index (χ0v) is 15.6. The summed E-state index contributed by atoms with van der Waals surface area (Å²) in [6, 6.07) is 6.05. The normalized spacial score (nSPS) is 22.9. The minimum absolute atomic E-state index is 0.188. The van der Waals surface area contributed by atoms with Gasteiger partial charge in [-0.1, -0.05) is 13.8 Å². The van der Waals surface area contributed by atoms with E-state index in [0.717, 1.165) is 11.3 Å². The number of rotatable bonds is 4. The van der Waals surface area contributed by atoms with Crippen molar-refractivity contribution in [1.82, 2.24) is 4.90 Å². The smallest absolute Gasteiger partial charge is 0.338 e. The van der Waals surface area contributed by atoms with Crippen LogP contribution in [0.5, 0.6) is 0 Å². The average Bonchev–Trinajstić information content (AvgIpc) is 2.97. The number of benzene rings is 1. The number of hydrogen-bond donors (Lipinski definition) is 0. The molecule has 2 aliphatic rings. The second kappa shape index (κ2) is 7.90. The SMILES string of the molecule is C[C@@H]1C[C@H](C)CN(C(=O)COC(=O)c2ccc(N3C(=O)CCC3=O)cc2)C1. The molecule has 0 unspecified atom stereocenters. The van der Waals surface area contributed by atoms with Crippen molar-refractivity contribution in [1.29, 1.82) is 0 Å². The van der Waals surface area contributed by atoms with Crippen LogP contribution >= 0.6 is 0 Å². The van der Waals surface area contributed by atoms with Crippen LogP contribution in [0.4, 0.5) is 5.69 Å². The summed E-state index contributed by atoms with van der Waals surface area (Å²) in [6.45, 7) is 5.31. The van der Waals surface area contributed by atoms with Crippen molar-refractivity contribution in [2.75, 3.05) is 24.6 Å². The molecule has 7 heteroatoms. The van der Waals surface area contributed by atoms with Gasteiger partial charge in [0.2, 0.25) is 11.8 Å². The van der Waals surface area contributed by atoms with Gasteiger partial charge in [-0.2, -0.15) is 0 Å². The number of imide groups is 1. The predicted molar refractivity (Wildman–Crippen MR) is 98.0 cm³/mol. The molecule has 0 aromatic heterocycles. The third-order valence-corrected chi connectivity index (χ3v) is 4.96. The fraction of sp³-hybridized carbons (Fsp3) is 0.500. The summed E-state index contributed by atoms with van der Waals surface area (Å²) in [5.74, 6) is -0.399. The van der Waals surface area contributed by atoms with Crippen molar-refractivity contribution in [3.8, 4) is 0 Å². The number of amides is 3. The molecular weight excluding hydrogens is 348 g/mol. The van der Waals surface area contributed by atoms with E-state index < -0.39 is 5.97 Å². The molecule has 2 aliphatic heterocycles. The van der Waals surface area contributed by atoms with Gasteiger partial charge in [0.15, 0.2) is 6.61 Å². The lowest BCUT2D eigenvalue weighted by Gasteiger charge is -2.34. The Morgan fingerprint density at radius 3 is 2.11 bits per heavy atom. The summed E-state index contributed by atoms with van der Waals surface area (Å²) < 4.78 is 5.14. The van der Waals surface area contributed by atoms with Gasteiger partial charge >= 0.3 is 5.97 Å². The lowest BCUT2D eigenvalue weighted by Crippen LogP contribution is -2.44. The van der Waals surface area contributed by atoms with E-state index in [9.17, 15) is 19.2 Å². The summed E-state index contributed by atoms with van der Waals surface area (Å²) in [5, 5.41) is 0. The van der Waals surface area contributed by atoms with E-state index in [1.165, 1.54) is 24.3 Å². The van der Waals surface area contributed by atoms with Crippen molar-refractivity contribution in [2.24, 2.45) is 11.8 Å². The average molecular weight is 372 g/mol. The standard InChI is InChI=1S/C20H24N2O5/c1-13-9-14(2)11-21(10-13)19(25)12-27-20(26)15-3-5-16(6-4-15)22-17(23)7-8-18(22)24/h3-6,13-14H,7-12H2,1-2H3/t13-,14+. The number of esters is 1. The van der Waals surface area contributed by atoms with E-state index in [-0.39, 0.29) is 42.7 Å². The zero-order chi connectivity index (χ0) is 19.6. The van der Waals surface area contributed by atoms with Crippen LogP contribution in [0.2, 0.25) is 0 Å². The minimum Gasteiger partial charge on any atom is -0.452 e. The first kappa shape index (κ1) is 19.1. The number of likely N-dealkylation sites (tertiary alicyclic amines) is 1. The van der Waals surface area contributed by atoms with Crippen LogP contribution in [0.1, 0.15) is 43.5 Å².